The second kappa shape index (κ2) is 6.80. The highest BCUT2D eigenvalue weighted by molar-refractivity contribution is 5.80. The quantitative estimate of drug-likeness (QED) is 0.731. The molecule has 1 rings (SSSR count). The van der Waals surface area contributed by atoms with Gasteiger partial charge in [-0.05, 0) is 6.07 Å². The average Bonchev–Trinajstić information content (AvgIpc) is 2.36. The molecular formula is C10H14F2N4O2. The molecule has 1 aromatic rings. The van der Waals surface area contributed by atoms with Gasteiger partial charge >= 0.3 is 0 Å². The van der Waals surface area contributed by atoms with Gasteiger partial charge in [-0.1, -0.05) is 0 Å². The van der Waals surface area contributed by atoms with Crippen molar-refractivity contribution in [3.05, 3.63) is 18.5 Å². The number of amides is 1. The van der Waals surface area contributed by atoms with E-state index in [9.17, 15) is 13.6 Å². The van der Waals surface area contributed by atoms with Crippen molar-refractivity contribution in [2.75, 3.05) is 25.0 Å². The minimum absolute atomic E-state index is 0.0834. The number of halogens is 2. The Hall–Kier alpha value is -1.83. The molecule has 8 heteroatoms. The van der Waals surface area contributed by atoms with Crippen LogP contribution in [0.5, 0.6) is 0 Å². The molecule has 6 nitrogen and oxygen atoms in total. The maximum atomic E-state index is 12.0. The summed E-state index contributed by atoms with van der Waals surface area (Å²) in [7, 11) is 1.60. The van der Waals surface area contributed by atoms with Crippen molar-refractivity contribution >= 4 is 11.9 Å². The number of rotatable bonds is 6. The Bertz CT molecular complexity index is 377. The lowest BCUT2D eigenvalue weighted by atomic mass is 10.3. The molecular weight excluding hydrogens is 246 g/mol. The molecule has 1 atom stereocenters. The Morgan fingerprint density at radius 2 is 2.11 bits per heavy atom. The van der Waals surface area contributed by atoms with Crippen LogP contribution in [-0.4, -0.2) is 53.6 Å². The van der Waals surface area contributed by atoms with Gasteiger partial charge in [-0.2, -0.15) is 0 Å². The summed E-state index contributed by atoms with van der Waals surface area (Å²) in [5.41, 5.74) is 0. The SMILES string of the molecule is CN(CC(=O)NCC(O)C(F)F)c1ncccn1. The van der Waals surface area contributed by atoms with E-state index in [0.717, 1.165) is 0 Å². The van der Waals surface area contributed by atoms with Gasteiger partial charge in [0.1, 0.15) is 6.10 Å². The zero-order chi connectivity index (χ0) is 13.5. The molecule has 0 aromatic carbocycles. The molecule has 0 aliphatic rings. The maximum Gasteiger partial charge on any atom is 0.265 e. The second-order valence-electron chi connectivity index (χ2n) is 3.61. The molecule has 100 valence electrons. The molecule has 1 unspecified atom stereocenters. The van der Waals surface area contributed by atoms with Gasteiger partial charge < -0.3 is 15.3 Å². The van der Waals surface area contributed by atoms with Crippen molar-refractivity contribution < 1.29 is 18.7 Å². The van der Waals surface area contributed by atoms with Gasteiger partial charge in [-0.25, -0.2) is 18.7 Å². The van der Waals surface area contributed by atoms with Crippen LogP contribution in [0.2, 0.25) is 0 Å². The van der Waals surface area contributed by atoms with Crippen LogP contribution >= 0.6 is 0 Å². The van der Waals surface area contributed by atoms with Crippen LogP contribution in [0.25, 0.3) is 0 Å². The molecule has 0 aliphatic carbocycles. The first-order valence-corrected chi connectivity index (χ1v) is 5.21. The molecule has 0 aliphatic heterocycles. The summed E-state index contributed by atoms with van der Waals surface area (Å²) < 4.78 is 23.9. The van der Waals surface area contributed by atoms with Gasteiger partial charge in [0, 0.05) is 26.0 Å². The lowest BCUT2D eigenvalue weighted by molar-refractivity contribution is -0.120. The molecule has 0 bridgehead atoms. The lowest BCUT2D eigenvalue weighted by Crippen LogP contribution is -2.41. The number of carbonyl (C=O) groups is 1. The Kier molecular flexibility index (Phi) is 5.37. The summed E-state index contributed by atoms with van der Waals surface area (Å²) >= 11 is 0. The van der Waals surface area contributed by atoms with Gasteiger partial charge in [0.25, 0.3) is 6.43 Å². The molecule has 1 aromatic heterocycles. The van der Waals surface area contributed by atoms with Gasteiger partial charge in [0.05, 0.1) is 6.54 Å². The van der Waals surface area contributed by atoms with E-state index in [4.69, 9.17) is 5.11 Å². The molecule has 1 heterocycles. The molecule has 2 N–H and O–H groups in total. The largest absolute Gasteiger partial charge is 0.385 e. The standard InChI is InChI=1S/C10H14F2N4O2/c1-16(10-13-3-2-4-14-10)6-8(18)15-5-7(17)9(11)12/h2-4,7,9,17H,5-6H2,1H3,(H,15,18). The summed E-state index contributed by atoms with van der Waals surface area (Å²) in [4.78, 5) is 20.7. The van der Waals surface area contributed by atoms with E-state index in [1.165, 1.54) is 17.3 Å². The number of hydrogen-bond donors (Lipinski definition) is 2. The highest BCUT2D eigenvalue weighted by Gasteiger charge is 2.18. The van der Waals surface area contributed by atoms with Gasteiger partial charge in [0.15, 0.2) is 0 Å². The van der Waals surface area contributed by atoms with Gasteiger partial charge in [0.2, 0.25) is 11.9 Å². The number of hydrogen-bond acceptors (Lipinski definition) is 5. The van der Waals surface area contributed by atoms with Crippen molar-refractivity contribution in [3.63, 3.8) is 0 Å². The summed E-state index contributed by atoms with van der Waals surface area (Å²) in [6.07, 6.45) is -1.68. The predicted octanol–water partition coefficient (Wildman–Crippen LogP) is -0.345. The molecule has 0 saturated carbocycles. The first-order valence-electron chi connectivity index (χ1n) is 5.21. The third-order valence-corrected chi connectivity index (χ3v) is 2.07. The van der Waals surface area contributed by atoms with E-state index >= 15 is 0 Å². The fourth-order valence-electron chi connectivity index (χ4n) is 1.14. The molecule has 0 saturated heterocycles. The van der Waals surface area contributed by atoms with E-state index in [-0.39, 0.29) is 6.54 Å². The highest BCUT2D eigenvalue weighted by atomic mass is 19.3. The van der Waals surface area contributed by atoms with Crippen LogP contribution in [-0.2, 0) is 4.79 Å². The fraction of sp³-hybridized carbons (Fsp3) is 0.500. The second-order valence-corrected chi connectivity index (χ2v) is 3.61. The van der Waals surface area contributed by atoms with Crippen molar-refractivity contribution in [1.29, 1.82) is 0 Å². The number of anilines is 1. The van der Waals surface area contributed by atoms with Gasteiger partial charge in [-0.3, -0.25) is 4.79 Å². The minimum atomic E-state index is -2.87. The van der Waals surface area contributed by atoms with Crippen molar-refractivity contribution in [1.82, 2.24) is 15.3 Å². The van der Waals surface area contributed by atoms with E-state index in [0.29, 0.717) is 5.95 Å². The molecule has 1 amide bonds. The number of nitrogens with one attached hydrogen (secondary N) is 1. The third-order valence-electron chi connectivity index (χ3n) is 2.07. The highest BCUT2D eigenvalue weighted by Crippen LogP contribution is 2.01. The van der Waals surface area contributed by atoms with Crippen LogP contribution in [0.4, 0.5) is 14.7 Å². The zero-order valence-corrected chi connectivity index (χ0v) is 9.75. The van der Waals surface area contributed by atoms with E-state index in [1.807, 2.05) is 0 Å². The smallest absolute Gasteiger partial charge is 0.265 e. The average molecular weight is 260 g/mol. The summed E-state index contributed by atoms with van der Waals surface area (Å²) in [6.45, 7) is -0.569. The fourth-order valence-corrected chi connectivity index (χ4v) is 1.14. The Balaban J connectivity index is 2.37. The van der Waals surface area contributed by atoms with Crippen molar-refractivity contribution in [3.8, 4) is 0 Å². The Morgan fingerprint density at radius 1 is 1.50 bits per heavy atom. The van der Waals surface area contributed by atoms with Crippen LogP contribution in [0, 0.1) is 0 Å². The first-order chi connectivity index (χ1) is 8.50. The number of carbonyl (C=O) groups excluding carboxylic acids is 1. The zero-order valence-electron chi connectivity index (χ0n) is 9.75. The van der Waals surface area contributed by atoms with Crippen molar-refractivity contribution in [2.45, 2.75) is 12.5 Å². The predicted molar refractivity (Wildman–Crippen MR) is 60.3 cm³/mol. The normalized spacial score (nSPS) is 12.3. The van der Waals surface area contributed by atoms with E-state index in [2.05, 4.69) is 15.3 Å². The Labute approximate surface area is 103 Å². The first kappa shape index (κ1) is 14.2. The van der Waals surface area contributed by atoms with Crippen LogP contribution in [0.3, 0.4) is 0 Å². The monoisotopic (exact) mass is 260 g/mol. The van der Waals surface area contributed by atoms with Crippen LogP contribution in [0.1, 0.15) is 0 Å². The summed E-state index contributed by atoms with van der Waals surface area (Å²) in [5, 5.41) is 11.0. The lowest BCUT2D eigenvalue weighted by Gasteiger charge is -2.17. The topological polar surface area (TPSA) is 78.4 Å². The van der Waals surface area contributed by atoms with Crippen molar-refractivity contribution in [2.24, 2.45) is 0 Å². The van der Waals surface area contributed by atoms with E-state index in [1.54, 1.807) is 13.1 Å². The number of nitrogens with zero attached hydrogens (tertiary/aromatic N) is 3. The van der Waals surface area contributed by atoms with Crippen LogP contribution in [0.15, 0.2) is 18.5 Å². The number of aromatic nitrogens is 2. The van der Waals surface area contributed by atoms with Gasteiger partial charge in [-0.15, -0.1) is 0 Å². The summed E-state index contributed by atoms with van der Waals surface area (Å²) in [5.74, 6) is -0.147. The molecule has 18 heavy (non-hydrogen) atoms. The third kappa shape index (κ3) is 4.58. The minimum Gasteiger partial charge on any atom is -0.385 e. The maximum absolute atomic E-state index is 12.0. The molecule has 0 radical (unpaired) electrons. The number of likely N-dealkylation sites (N-methyl/N-ethyl adjacent to an activating group) is 1. The number of alkyl halides is 2. The van der Waals surface area contributed by atoms with E-state index < -0.39 is 25.0 Å². The summed E-state index contributed by atoms with van der Waals surface area (Å²) in [6, 6.07) is 1.64. The van der Waals surface area contributed by atoms with Crippen LogP contribution < -0.4 is 10.2 Å². The molecule has 0 fully saturated rings. The number of aliphatic hydroxyl groups is 1. The molecule has 0 spiro atoms. The number of aliphatic hydroxyl groups excluding tert-OH is 1. The Morgan fingerprint density at radius 3 is 2.67 bits per heavy atom.